The van der Waals surface area contributed by atoms with Crippen molar-refractivity contribution in [1.82, 2.24) is 10.2 Å². The molecule has 0 radical (unpaired) electrons. The molecule has 21 heavy (non-hydrogen) atoms. The highest BCUT2D eigenvalue weighted by Crippen LogP contribution is 2.12. The van der Waals surface area contributed by atoms with E-state index in [0.29, 0.717) is 0 Å². The maximum absolute atomic E-state index is 11.9. The van der Waals surface area contributed by atoms with Gasteiger partial charge < -0.3 is 15.0 Å². The third-order valence-corrected chi connectivity index (χ3v) is 3.44. The van der Waals surface area contributed by atoms with Gasteiger partial charge in [0.05, 0.1) is 7.11 Å². The number of ether oxygens (including phenoxy) is 1. The molecule has 1 saturated heterocycles. The van der Waals surface area contributed by atoms with E-state index >= 15 is 0 Å². The Morgan fingerprint density at radius 2 is 1.95 bits per heavy atom. The summed E-state index contributed by atoms with van der Waals surface area (Å²) in [5, 5.41) is 2.68. The van der Waals surface area contributed by atoms with Crippen LogP contribution in [-0.4, -0.2) is 43.0 Å². The van der Waals surface area contributed by atoms with Crippen molar-refractivity contribution in [2.75, 3.05) is 20.2 Å². The molecule has 1 fully saturated rings. The molecule has 1 atom stereocenters. The minimum atomic E-state index is -0.488. The van der Waals surface area contributed by atoms with Crippen LogP contribution in [-0.2, 0) is 9.59 Å². The summed E-state index contributed by atoms with van der Waals surface area (Å²) in [5.41, 5.74) is 0.896. The van der Waals surface area contributed by atoms with E-state index in [9.17, 15) is 9.59 Å². The Balaban J connectivity index is 1.85. The Morgan fingerprint density at radius 1 is 1.29 bits per heavy atom. The number of hydrogen-bond acceptors (Lipinski definition) is 3. The summed E-state index contributed by atoms with van der Waals surface area (Å²) in [7, 11) is 1.61. The first-order valence-corrected chi connectivity index (χ1v) is 7.01. The van der Waals surface area contributed by atoms with E-state index in [2.05, 4.69) is 5.32 Å². The number of likely N-dealkylation sites (tertiary alicyclic amines) is 1. The molecule has 1 aliphatic heterocycles. The largest absolute Gasteiger partial charge is 0.497 e. The Labute approximate surface area is 124 Å². The Morgan fingerprint density at radius 3 is 2.48 bits per heavy atom. The van der Waals surface area contributed by atoms with E-state index in [0.717, 1.165) is 30.8 Å². The van der Waals surface area contributed by atoms with Crippen LogP contribution in [0.15, 0.2) is 30.3 Å². The molecule has 1 unspecified atom stereocenters. The van der Waals surface area contributed by atoms with Crippen molar-refractivity contribution in [3.05, 3.63) is 35.9 Å². The van der Waals surface area contributed by atoms with Crippen LogP contribution < -0.4 is 10.1 Å². The van der Waals surface area contributed by atoms with Crippen LogP contribution in [0, 0.1) is 0 Å². The molecule has 2 amide bonds. The molecule has 1 aromatic rings. The van der Waals surface area contributed by atoms with Crippen molar-refractivity contribution < 1.29 is 14.3 Å². The molecular formula is C16H20N2O3. The van der Waals surface area contributed by atoms with Crippen molar-refractivity contribution in [3.8, 4) is 5.75 Å². The molecule has 5 nitrogen and oxygen atoms in total. The maximum Gasteiger partial charge on any atom is 0.244 e. The number of methoxy groups -OCH3 is 1. The van der Waals surface area contributed by atoms with Gasteiger partial charge in [0.2, 0.25) is 11.8 Å². The average Bonchev–Trinajstić information content (AvgIpc) is 2.43. The zero-order valence-corrected chi connectivity index (χ0v) is 12.3. The number of amides is 2. The number of carbonyl (C=O) groups excluding carboxylic acids is 2. The lowest BCUT2D eigenvalue weighted by Crippen LogP contribution is -2.51. The van der Waals surface area contributed by atoms with Gasteiger partial charge in [-0.1, -0.05) is 12.1 Å². The van der Waals surface area contributed by atoms with Crippen LogP contribution in [0.4, 0.5) is 0 Å². The standard InChI is InChI=1S/C16H20N2O3/c1-12(16(20)18-10-3-11-18)17-15(19)9-6-13-4-7-14(21-2)8-5-13/h4-9,12H,3,10-11H2,1-2H3,(H,17,19). The normalized spacial score (nSPS) is 15.4. The number of nitrogens with zero attached hydrogens (tertiary/aromatic N) is 1. The van der Waals surface area contributed by atoms with Gasteiger partial charge >= 0.3 is 0 Å². The molecule has 5 heteroatoms. The van der Waals surface area contributed by atoms with Gasteiger partial charge in [-0.25, -0.2) is 0 Å². The molecule has 1 N–H and O–H groups in total. The molecule has 112 valence electrons. The Hall–Kier alpha value is -2.30. The fraction of sp³-hybridized carbons (Fsp3) is 0.375. The molecule has 1 aliphatic rings. The third-order valence-electron chi connectivity index (χ3n) is 3.44. The number of nitrogens with one attached hydrogen (secondary N) is 1. The number of carbonyl (C=O) groups is 2. The summed E-state index contributed by atoms with van der Waals surface area (Å²) in [6, 6.07) is 6.88. The number of rotatable bonds is 5. The predicted molar refractivity (Wildman–Crippen MR) is 80.8 cm³/mol. The highest BCUT2D eigenvalue weighted by Gasteiger charge is 2.25. The zero-order valence-electron chi connectivity index (χ0n) is 12.3. The average molecular weight is 288 g/mol. The summed E-state index contributed by atoms with van der Waals surface area (Å²) in [5.74, 6) is 0.477. The topological polar surface area (TPSA) is 58.6 Å². The van der Waals surface area contributed by atoms with Gasteiger partial charge in [0.1, 0.15) is 11.8 Å². The highest BCUT2D eigenvalue weighted by molar-refractivity contribution is 5.95. The quantitative estimate of drug-likeness (QED) is 0.834. The van der Waals surface area contributed by atoms with Crippen molar-refractivity contribution in [2.24, 2.45) is 0 Å². The fourth-order valence-electron chi connectivity index (χ4n) is 2.02. The minimum absolute atomic E-state index is 0.0209. The zero-order chi connectivity index (χ0) is 15.2. The van der Waals surface area contributed by atoms with Crippen LogP contribution in [0.3, 0.4) is 0 Å². The van der Waals surface area contributed by atoms with Gasteiger partial charge in [-0.05, 0) is 37.1 Å². The van der Waals surface area contributed by atoms with Gasteiger partial charge in [-0.2, -0.15) is 0 Å². The Bertz CT molecular complexity index is 533. The third kappa shape index (κ3) is 4.08. The molecule has 0 spiro atoms. The predicted octanol–water partition coefficient (Wildman–Crippen LogP) is 1.45. The van der Waals surface area contributed by atoms with Crippen molar-refractivity contribution in [2.45, 2.75) is 19.4 Å². The first-order valence-electron chi connectivity index (χ1n) is 7.01. The summed E-state index contributed by atoms with van der Waals surface area (Å²) in [4.78, 5) is 25.4. The summed E-state index contributed by atoms with van der Waals surface area (Å²) in [6.45, 7) is 3.29. The monoisotopic (exact) mass is 288 g/mol. The summed E-state index contributed by atoms with van der Waals surface area (Å²) < 4.78 is 5.07. The van der Waals surface area contributed by atoms with E-state index in [4.69, 9.17) is 4.74 Å². The van der Waals surface area contributed by atoms with Gasteiger partial charge in [0, 0.05) is 19.2 Å². The molecule has 0 bridgehead atoms. The van der Waals surface area contributed by atoms with Gasteiger partial charge in [0.15, 0.2) is 0 Å². The maximum atomic E-state index is 11.9. The minimum Gasteiger partial charge on any atom is -0.497 e. The van der Waals surface area contributed by atoms with Crippen molar-refractivity contribution in [1.29, 1.82) is 0 Å². The van der Waals surface area contributed by atoms with Gasteiger partial charge in [0.25, 0.3) is 0 Å². The highest BCUT2D eigenvalue weighted by atomic mass is 16.5. The van der Waals surface area contributed by atoms with Crippen LogP contribution in [0.5, 0.6) is 5.75 Å². The second-order valence-corrected chi connectivity index (χ2v) is 5.02. The molecule has 0 aliphatic carbocycles. The lowest BCUT2D eigenvalue weighted by molar-refractivity contribution is -0.138. The fourth-order valence-corrected chi connectivity index (χ4v) is 2.02. The van der Waals surface area contributed by atoms with E-state index in [1.165, 1.54) is 6.08 Å². The molecular weight excluding hydrogens is 268 g/mol. The number of hydrogen-bond donors (Lipinski definition) is 1. The number of benzene rings is 1. The first kappa shape index (κ1) is 15.1. The van der Waals surface area contributed by atoms with E-state index < -0.39 is 6.04 Å². The van der Waals surface area contributed by atoms with Crippen molar-refractivity contribution in [3.63, 3.8) is 0 Å². The second kappa shape index (κ2) is 6.92. The summed E-state index contributed by atoms with van der Waals surface area (Å²) in [6.07, 6.45) is 4.18. The van der Waals surface area contributed by atoms with E-state index in [1.807, 2.05) is 24.3 Å². The van der Waals surface area contributed by atoms with E-state index in [1.54, 1.807) is 25.0 Å². The van der Waals surface area contributed by atoms with E-state index in [-0.39, 0.29) is 11.8 Å². The van der Waals surface area contributed by atoms with Gasteiger partial charge in [-0.15, -0.1) is 0 Å². The summed E-state index contributed by atoms with van der Waals surface area (Å²) >= 11 is 0. The van der Waals surface area contributed by atoms with Crippen LogP contribution in [0.1, 0.15) is 18.9 Å². The molecule has 0 saturated carbocycles. The lowest BCUT2D eigenvalue weighted by atomic mass is 10.1. The van der Waals surface area contributed by atoms with Crippen LogP contribution >= 0.6 is 0 Å². The first-order chi connectivity index (χ1) is 10.1. The SMILES string of the molecule is COc1ccc(C=CC(=O)NC(C)C(=O)N2CCC2)cc1. The van der Waals surface area contributed by atoms with Crippen LogP contribution in [0.2, 0.25) is 0 Å². The molecule has 0 aromatic heterocycles. The van der Waals surface area contributed by atoms with Gasteiger partial charge in [-0.3, -0.25) is 9.59 Å². The smallest absolute Gasteiger partial charge is 0.244 e. The Kier molecular flexibility index (Phi) is 4.98. The molecule has 1 aromatic carbocycles. The van der Waals surface area contributed by atoms with Crippen LogP contribution in [0.25, 0.3) is 6.08 Å². The second-order valence-electron chi connectivity index (χ2n) is 5.02. The lowest BCUT2D eigenvalue weighted by Gasteiger charge is -2.33. The molecule has 2 rings (SSSR count). The molecule has 1 heterocycles. The van der Waals surface area contributed by atoms with Crippen molar-refractivity contribution >= 4 is 17.9 Å².